The normalized spacial score (nSPS) is 21.3. The average Bonchev–Trinajstić information content (AvgIpc) is 3.10. The van der Waals surface area contributed by atoms with E-state index in [2.05, 4.69) is 33.9 Å². The Morgan fingerprint density at radius 2 is 1.84 bits per heavy atom. The van der Waals surface area contributed by atoms with Crippen molar-refractivity contribution >= 4 is 55.3 Å². The molecule has 0 saturated carbocycles. The van der Waals surface area contributed by atoms with E-state index in [0.29, 0.717) is 9.80 Å². The lowest BCUT2D eigenvalue weighted by molar-refractivity contribution is -0.384. The van der Waals surface area contributed by atoms with E-state index in [1.54, 1.807) is 6.92 Å². The van der Waals surface area contributed by atoms with Crippen LogP contribution in [0.2, 0.25) is 18.1 Å². The summed E-state index contributed by atoms with van der Waals surface area (Å²) in [6.45, 7) is 14.0. The van der Waals surface area contributed by atoms with Crippen molar-refractivity contribution in [1.29, 1.82) is 0 Å². The van der Waals surface area contributed by atoms with Crippen LogP contribution in [0.15, 0.2) is 34.2 Å². The molecule has 0 bridgehead atoms. The molecule has 1 saturated heterocycles. The Labute approximate surface area is 226 Å². The average molecular weight is 568 g/mol. The number of carbonyl (C=O) groups excluding carboxylic acids is 3. The number of ether oxygens (including phenoxy) is 1. The maximum absolute atomic E-state index is 13.3. The third-order valence-corrected chi connectivity index (χ3v) is 14.2. The number of carbonyl (C=O) groups is 3. The van der Waals surface area contributed by atoms with E-state index in [4.69, 9.17) is 14.9 Å². The first kappa shape index (κ1) is 29.2. The van der Waals surface area contributed by atoms with Gasteiger partial charge in [0.25, 0.3) is 5.69 Å². The molecule has 0 spiro atoms. The van der Waals surface area contributed by atoms with Crippen molar-refractivity contribution in [3.8, 4) is 0 Å². The lowest BCUT2D eigenvalue weighted by atomic mass is 9.92. The Bertz CT molecular complexity index is 1130. The minimum atomic E-state index is -2.14. The number of thioether (sulfide) groups is 2. The first-order chi connectivity index (χ1) is 17.0. The van der Waals surface area contributed by atoms with Gasteiger partial charge in [0.15, 0.2) is 14.0 Å². The molecule has 202 valence electrons. The number of β-lactam (4-membered cyclic amide) rings is 1. The molecule has 3 unspecified atom stereocenters. The van der Waals surface area contributed by atoms with E-state index in [9.17, 15) is 24.5 Å². The van der Waals surface area contributed by atoms with Crippen molar-refractivity contribution in [1.82, 2.24) is 4.90 Å². The first-order valence-corrected chi connectivity index (χ1v) is 16.5. The lowest BCUT2D eigenvalue weighted by Gasteiger charge is -2.48. The predicted octanol–water partition coefficient (Wildman–Crippen LogP) is 4.36. The van der Waals surface area contributed by atoms with E-state index in [1.165, 1.54) is 40.9 Å². The van der Waals surface area contributed by atoms with Gasteiger partial charge in [-0.25, -0.2) is 4.79 Å². The second-order valence-electron chi connectivity index (χ2n) is 10.6. The number of benzene rings is 1. The molecule has 4 atom stereocenters. The molecule has 10 nitrogen and oxygen atoms in total. The fraction of sp³-hybridized carbons (Fsp3) is 0.542. The molecule has 3 rings (SSSR count). The largest absolute Gasteiger partial charge is 0.456 e. The molecular formula is C24H33N3O7S2Si. The van der Waals surface area contributed by atoms with Gasteiger partial charge in [-0.05, 0) is 49.7 Å². The number of nitro benzene ring substituents is 1. The highest BCUT2D eigenvalue weighted by Gasteiger charge is 2.59. The van der Waals surface area contributed by atoms with Crippen LogP contribution in [0.4, 0.5) is 5.69 Å². The molecule has 37 heavy (non-hydrogen) atoms. The smallest absolute Gasteiger partial charge is 0.357 e. The standard InChI is InChI=1S/C24H33N3O7S2Si/c1-13(34-37(6,7)24(3,4)5)17-20(29)26-18(23(36-21(17)26)35-14(2)19(25)28)22(30)33-12-15-8-10-16(11-9-15)27(31)32/h8-11,13-14,17,21H,12H2,1-7H3,(H2,25,28)/t13?,14?,17?,21-/m1/s1. The number of non-ortho nitro benzene ring substituents is 1. The molecule has 0 radical (unpaired) electrons. The van der Waals surface area contributed by atoms with Crippen LogP contribution in [0.1, 0.15) is 40.2 Å². The summed E-state index contributed by atoms with van der Waals surface area (Å²) >= 11 is 2.47. The van der Waals surface area contributed by atoms with Gasteiger partial charge in [-0.15, -0.1) is 11.8 Å². The van der Waals surface area contributed by atoms with Gasteiger partial charge in [-0.2, -0.15) is 0 Å². The Kier molecular flexibility index (Phi) is 8.52. The highest BCUT2D eigenvalue weighted by molar-refractivity contribution is 8.23. The van der Waals surface area contributed by atoms with Gasteiger partial charge in [-0.3, -0.25) is 24.6 Å². The number of nitrogens with zero attached hydrogens (tertiary/aromatic N) is 2. The van der Waals surface area contributed by atoms with Crippen molar-refractivity contribution in [3.05, 3.63) is 49.9 Å². The van der Waals surface area contributed by atoms with Crippen LogP contribution in [0, 0.1) is 16.0 Å². The topological polar surface area (TPSA) is 142 Å². The summed E-state index contributed by atoms with van der Waals surface area (Å²) in [5.41, 5.74) is 6.03. The number of fused-ring (bicyclic) bond motifs is 1. The molecule has 2 aliphatic heterocycles. The summed E-state index contributed by atoms with van der Waals surface area (Å²) in [5, 5.41) is 9.86. The molecule has 2 amide bonds. The third-order valence-electron chi connectivity index (χ3n) is 6.93. The number of rotatable bonds is 10. The van der Waals surface area contributed by atoms with Crippen molar-refractivity contribution in [2.75, 3.05) is 0 Å². The van der Waals surface area contributed by atoms with Crippen LogP contribution in [0.25, 0.3) is 0 Å². The monoisotopic (exact) mass is 567 g/mol. The molecule has 1 aromatic rings. The SMILES string of the molecule is CC(SC1=C(C(=O)OCc2ccc([N+](=O)[O-])cc2)N2C(=O)C(C(C)O[Si](C)(C)C(C)(C)C)[C@H]2S1)C(N)=O. The summed E-state index contributed by atoms with van der Waals surface area (Å²) in [5.74, 6) is -1.92. The second-order valence-corrected chi connectivity index (χ2v) is 18.1. The minimum absolute atomic E-state index is 0.0282. The van der Waals surface area contributed by atoms with Crippen molar-refractivity contribution in [3.63, 3.8) is 0 Å². The molecule has 1 fully saturated rings. The van der Waals surface area contributed by atoms with Crippen LogP contribution in [-0.2, 0) is 30.2 Å². The zero-order valence-corrected chi connectivity index (χ0v) is 24.6. The maximum atomic E-state index is 13.3. The Morgan fingerprint density at radius 1 is 1.24 bits per heavy atom. The quantitative estimate of drug-likeness (QED) is 0.143. The van der Waals surface area contributed by atoms with Crippen molar-refractivity contribution in [2.24, 2.45) is 11.7 Å². The number of amides is 2. The number of esters is 1. The third kappa shape index (κ3) is 6.05. The molecule has 0 aromatic heterocycles. The zero-order valence-electron chi connectivity index (χ0n) is 22.0. The predicted molar refractivity (Wildman–Crippen MR) is 146 cm³/mol. The Morgan fingerprint density at radius 3 is 2.35 bits per heavy atom. The fourth-order valence-electron chi connectivity index (χ4n) is 3.68. The van der Waals surface area contributed by atoms with Crippen molar-refractivity contribution in [2.45, 2.75) is 76.1 Å². The number of nitrogens with two attached hydrogens (primary N) is 1. The molecular weight excluding hydrogens is 534 g/mol. The number of nitro groups is 1. The van der Waals surface area contributed by atoms with Gasteiger partial charge in [-0.1, -0.05) is 32.5 Å². The van der Waals surface area contributed by atoms with Gasteiger partial charge in [0.05, 0.1) is 26.4 Å². The molecule has 2 aliphatic rings. The van der Waals surface area contributed by atoms with Crippen LogP contribution in [0.5, 0.6) is 0 Å². The number of hydrogen-bond acceptors (Lipinski definition) is 9. The lowest BCUT2D eigenvalue weighted by Crippen LogP contribution is -2.62. The van der Waals surface area contributed by atoms with Gasteiger partial charge in [0.2, 0.25) is 11.8 Å². The number of hydrogen-bond donors (Lipinski definition) is 1. The van der Waals surface area contributed by atoms with Crippen LogP contribution < -0.4 is 5.73 Å². The summed E-state index contributed by atoms with van der Waals surface area (Å²) in [7, 11) is -2.14. The second kappa shape index (κ2) is 10.8. The van der Waals surface area contributed by atoms with E-state index in [-0.39, 0.29) is 40.4 Å². The maximum Gasteiger partial charge on any atom is 0.357 e. The molecule has 2 heterocycles. The minimum Gasteiger partial charge on any atom is -0.456 e. The summed E-state index contributed by atoms with van der Waals surface area (Å²) in [4.78, 5) is 50.0. The molecule has 13 heteroatoms. The van der Waals surface area contributed by atoms with Crippen LogP contribution in [-0.4, -0.2) is 52.7 Å². The molecule has 2 N–H and O–H groups in total. The first-order valence-electron chi connectivity index (χ1n) is 11.8. The van der Waals surface area contributed by atoms with Crippen molar-refractivity contribution < 1.29 is 28.5 Å². The van der Waals surface area contributed by atoms with E-state index < -0.39 is 36.3 Å². The highest BCUT2D eigenvalue weighted by atomic mass is 32.2. The summed E-state index contributed by atoms with van der Waals surface area (Å²) in [6.07, 6.45) is -0.350. The van der Waals surface area contributed by atoms with E-state index in [0.717, 1.165) is 11.8 Å². The van der Waals surface area contributed by atoms with Gasteiger partial charge >= 0.3 is 5.97 Å². The zero-order chi connectivity index (χ0) is 27.9. The Hall–Kier alpha value is -2.35. The summed E-state index contributed by atoms with van der Waals surface area (Å²) < 4.78 is 12.5. The number of primary amides is 1. The fourth-order valence-corrected chi connectivity index (χ4v) is 8.10. The summed E-state index contributed by atoms with van der Waals surface area (Å²) in [6, 6.07) is 5.66. The molecule has 0 aliphatic carbocycles. The highest BCUT2D eigenvalue weighted by Crippen LogP contribution is 2.55. The van der Waals surface area contributed by atoms with Crippen LogP contribution >= 0.6 is 23.5 Å². The van der Waals surface area contributed by atoms with Gasteiger partial charge < -0.3 is 14.9 Å². The van der Waals surface area contributed by atoms with Crippen LogP contribution in [0.3, 0.4) is 0 Å². The van der Waals surface area contributed by atoms with Gasteiger partial charge in [0.1, 0.15) is 12.0 Å². The van der Waals surface area contributed by atoms with E-state index in [1.807, 2.05) is 6.92 Å². The molecule has 1 aromatic carbocycles. The van der Waals surface area contributed by atoms with Gasteiger partial charge in [0, 0.05) is 12.1 Å². The Balaban J connectivity index is 1.79. The van der Waals surface area contributed by atoms with E-state index >= 15 is 0 Å².